The van der Waals surface area contributed by atoms with E-state index in [2.05, 4.69) is 11.9 Å². The van der Waals surface area contributed by atoms with Crippen LogP contribution in [0.2, 0.25) is 0 Å². The van der Waals surface area contributed by atoms with Gasteiger partial charge < -0.3 is 10.5 Å². The van der Waals surface area contributed by atoms with Gasteiger partial charge in [0.1, 0.15) is 0 Å². The first-order valence-corrected chi connectivity index (χ1v) is 6.55. The van der Waals surface area contributed by atoms with Crippen LogP contribution in [0.15, 0.2) is 18.5 Å². The van der Waals surface area contributed by atoms with Crippen molar-refractivity contribution < 1.29 is 9.53 Å². The molecule has 1 unspecified atom stereocenters. The van der Waals surface area contributed by atoms with E-state index in [0.29, 0.717) is 11.3 Å². The minimum absolute atomic E-state index is 0.0677. The topological polar surface area (TPSA) is 65.2 Å². The maximum atomic E-state index is 11.8. The van der Waals surface area contributed by atoms with Crippen LogP contribution in [0.25, 0.3) is 0 Å². The van der Waals surface area contributed by atoms with Gasteiger partial charge >= 0.3 is 5.97 Å². The first kappa shape index (κ1) is 14.5. The molecule has 0 saturated heterocycles. The van der Waals surface area contributed by atoms with Gasteiger partial charge in [0, 0.05) is 6.20 Å². The SMILES string of the molecule is CCCCCCC(C)OC(=O)c1ccncc1N. The maximum Gasteiger partial charge on any atom is 0.340 e. The Morgan fingerprint density at radius 2 is 2.22 bits per heavy atom. The molecular weight excluding hydrogens is 228 g/mol. The van der Waals surface area contributed by atoms with E-state index in [1.165, 1.54) is 25.5 Å². The molecule has 0 aromatic carbocycles. The number of unbranched alkanes of at least 4 members (excludes halogenated alkanes) is 3. The predicted octanol–water partition coefficient (Wildman–Crippen LogP) is 3.18. The highest BCUT2D eigenvalue weighted by atomic mass is 16.5. The van der Waals surface area contributed by atoms with Gasteiger partial charge in [-0.1, -0.05) is 26.2 Å². The van der Waals surface area contributed by atoms with Crippen LogP contribution in [-0.2, 0) is 4.74 Å². The molecule has 1 rings (SSSR count). The van der Waals surface area contributed by atoms with Gasteiger partial charge in [-0.25, -0.2) is 4.79 Å². The zero-order valence-corrected chi connectivity index (χ0v) is 11.2. The molecule has 0 aliphatic heterocycles. The summed E-state index contributed by atoms with van der Waals surface area (Å²) >= 11 is 0. The zero-order chi connectivity index (χ0) is 13.4. The molecule has 18 heavy (non-hydrogen) atoms. The molecule has 4 heteroatoms. The number of aromatic nitrogens is 1. The smallest absolute Gasteiger partial charge is 0.340 e. The van der Waals surface area contributed by atoms with E-state index in [9.17, 15) is 4.79 Å². The van der Waals surface area contributed by atoms with Gasteiger partial charge in [-0.05, 0) is 25.8 Å². The molecule has 0 aliphatic rings. The second-order valence-electron chi connectivity index (χ2n) is 4.53. The standard InChI is InChI=1S/C14H22N2O2/c1-3-4-5-6-7-11(2)18-14(17)12-8-9-16-10-13(12)15/h8-11H,3-7,15H2,1-2H3. The van der Waals surface area contributed by atoms with Gasteiger partial charge in [-0.2, -0.15) is 0 Å². The lowest BCUT2D eigenvalue weighted by Gasteiger charge is -2.13. The largest absolute Gasteiger partial charge is 0.459 e. The highest BCUT2D eigenvalue weighted by Crippen LogP contribution is 2.14. The van der Waals surface area contributed by atoms with Gasteiger partial charge in [-0.3, -0.25) is 4.98 Å². The molecule has 1 aromatic rings. The summed E-state index contributed by atoms with van der Waals surface area (Å²) in [5, 5.41) is 0. The average molecular weight is 250 g/mol. The second-order valence-corrected chi connectivity index (χ2v) is 4.53. The molecule has 0 amide bonds. The summed E-state index contributed by atoms with van der Waals surface area (Å²) in [5.41, 5.74) is 6.43. The Morgan fingerprint density at radius 1 is 1.44 bits per heavy atom. The Bertz CT molecular complexity index is 380. The fourth-order valence-corrected chi connectivity index (χ4v) is 1.76. The fraction of sp³-hybridized carbons (Fsp3) is 0.571. The van der Waals surface area contributed by atoms with E-state index in [-0.39, 0.29) is 12.1 Å². The number of hydrogen-bond donors (Lipinski definition) is 1. The average Bonchev–Trinajstić information content (AvgIpc) is 2.35. The van der Waals surface area contributed by atoms with Gasteiger partial charge in [-0.15, -0.1) is 0 Å². The van der Waals surface area contributed by atoms with Crippen LogP contribution in [0.3, 0.4) is 0 Å². The molecule has 2 N–H and O–H groups in total. The number of nitrogens with zero attached hydrogens (tertiary/aromatic N) is 1. The lowest BCUT2D eigenvalue weighted by atomic mass is 10.1. The highest BCUT2D eigenvalue weighted by Gasteiger charge is 2.14. The molecule has 0 radical (unpaired) electrons. The number of carbonyl (C=O) groups excluding carboxylic acids is 1. The first-order chi connectivity index (χ1) is 8.65. The molecule has 0 fully saturated rings. The van der Waals surface area contributed by atoms with Crippen LogP contribution in [0, 0.1) is 0 Å². The molecule has 0 saturated carbocycles. The summed E-state index contributed by atoms with van der Waals surface area (Å²) in [6.07, 6.45) is 8.56. The Kier molecular flexibility index (Phi) is 6.19. The normalized spacial score (nSPS) is 12.1. The molecular formula is C14H22N2O2. The maximum absolute atomic E-state index is 11.8. The van der Waals surface area contributed by atoms with Gasteiger partial charge in [0.15, 0.2) is 0 Å². The Morgan fingerprint density at radius 3 is 2.89 bits per heavy atom. The third-order valence-corrected chi connectivity index (χ3v) is 2.84. The van der Waals surface area contributed by atoms with Gasteiger partial charge in [0.05, 0.1) is 23.6 Å². The molecule has 4 nitrogen and oxygen atoms in total. The van der Waals surface area contributed by atoms with E-state index in [1.807, 2.05) is 6.92 Å². The van der Waals surface area contributed by atoms with Crippen molar-refractivity contribution in [1.29, 1.82) is 0 Å². The second kappa shape index (κ2) is 7.69. The van der Waals surface area contributed by atoms with Crippen molar-refractivity contribution in [2.45, 2.75) is 52.1 Å². The van der Waals surface area contributed by atoms with E-state index < -0.39 is 0 Å². The van der Waals surface area contributed by atoms with E-state index in [0.717, 1.165) is 12.8 Å². The van der Waals surface area contributed by atoms with Crippen molar-refractivity contribution in [2.24, 2.45) is 0 Å². The van der Waals surface area contributed by atoms with Crippen molar-refractivity contribution >= 4 is 11.7 Å². The van der Waals surface area contributed by atoms with E-state index in [1.54, 1.807) is 12.3 Å². The summed E-state index contributed by atoms with van der Waals surface area (Å²) in [6.45, 7) is 4.09. The number of anilines is 1. The monoisotopic (exact) mass is 250 g/mol. The molecule has 1 heterocycles. The lowest BCUT2D eigenvalue weighted by molar-refractivity contribution is 0.0320. The summed E-state index contributed by atoms with van der Waals surface area (Å²) in [7, 11) is 0. The number of nitrogens with two attached hydrogens (primary N) is 1. The summed E-state index contributed by atoms with van der Waals surface area (Å²) < 4.78 is 5.35. The number of hydrogen-bond acceptors (Lipinski definition) is 4. The molecule has 0 aliphatic carbocycles. The van der Waals surface area contributed by atoms with Crippen LogP contribution in [0.1, 0.15) is 56.3 Å². The van der Waals surface area contributed by atoms with Crippen LogP contribution >= 0.6 is 0 Å². The first-order valence-electron chi connectivity index (χ1n) is 6.55. The van der Waals surface area contributed by atoms with E-state index in [4.69, 9.17) is 10.5 Å². The third kappa shape index (κ3) is 4.73. The predicted molar refractivity (Wildman–Crippen MR) is 72.3 cm³/mol. The summed E-state index contributed by atoms with van der Waals surface area (Å²) in [6, 6.07) is 1.58. The quantitative estimate of drug-likeness (QED) is 0.596. The van der Waals surface area contributed by atoms with E-state index >= 15 is 0 Å². The molecule has 1 aromatic heterocycles. The van der Waals surface area contributed by atoms with Crippen LogP contribution in [0.5, 0.6) is 0 Å². The molecule has 1 atom stereocenters. The van der Waals surface area contributed by atoms with Crippen molar-refractivity contribution in [3.63, 3.8) is 0 Å². The Hall–Kier alpha value is -1.58. The van der Waals surface area contributed by atoms with Crippen LogP contribution in [0.4, 0.5) is 5.69 Å². The van der Waals surface area contributed by atoms with Crippen molar-refractivity contribution in [3.8, 4) is 0 Å². The van der Waals surface area contributed by atoms with Crippen LogP contribution < -0.4 is 5.73 Å². The van der Waals surface area contributed by atoms with Crippen molar-refractivity contribution in [1.82, 2.24) is 4.98 Å². The van der Waals surface area contributed by atoms with Crippen LogP contribution in [-0.4, -0.2) is 17.1 Å². The number of pyridine rings is 1. The summed E-state index contributed by atoms with van der Waals surface area (Å²) in [5.74, 6) is -0.363. The molecule has 0 bridgehead atoms. The van der Waals surface area contributed by atoms with Gasteiger partial charge in [0.2, 0.25) is 0 Å². The highest BCUT2D eigenvalue weighted by molar-refractivity contribution is 5.94. The minimum atomic E-state index is -0.363. The molecule has 100 valence electrons. The minimum Gasteiger partial charge on any atom is -0.459 e. The number of rotatable bonds is 7. The Balaban J connectivity index is 2.38. The number of esters is 1. The third-order valence-electron chi connectivity index (χ3n) is 2.84. The summed E-state index contributed by atoms with van der Waals surface area (Å²) in [4.78, 5) is 15.7. The van der Waals surface area contributed by atoms with Gasteiger partial charge in [0.25, 0.3) is 0 Å². The Labute approximate surface area is 109 Å². The molecule has 0 spiro atoms. The fourth-order valence-electron chi connectivity index (χ4n) is 1.76. The number of nitrogen functional groups attached to an aromatic ring is 1. The van der Waals surface area contributed by atoms with Crippen molar-refractivity contribution in [2.75, 3.05) is 5.73 Å². The lowest BCUT2D eigenvalue weighted by Crippen LogP contribution is -2.16. The zero-order valence-electron chi connectivity index (χ0n) is 11.2. The van der Waals surface area contributed by atoms with Crippen molar-refractivity contribution in [3.05, 3.63) is 24.0 Å². The number of ether oxygens (including phenoxy) is 1. The number of carbonyl (C=O) groups is 1.